The Morgan fingerprint density at radius 2 is 1.69 bits per heavy atom. The molecule has 0 fully saturated rings. The molecule has 0 aliphatic heterocycles. The highest BCUT2D eigenvalue weighted by atomic mass is 32.2. The number of carbonyl (C=O) groups excluding carboxylic acids is 1. The predicted octanol–water partition coefficient (Wildman–Crippen LogP) is -0.434. The first-order valence-corrected chi connectivity index (χ1v) is 10.1. The second-order valence-corrected chi connectivity index (χ2v) is 8.64. The van der Waals surface area contributed by atoms with Gasteiger partial charge in [0, 0.05) is 7.11 Å². The number of urea groups is 1. The van der Waals surface area contributed by atoms with Crippen molar-refractivity contribution < 1.29 is 26.4 Å². The fourth-order valence-electron chi connectivity index (χ4n) is 1.98. The van der Waals surface area contributed by atoms with Crippen molar-refractivity contribution in [1.29, 1.82) is 0 Å². The number of ether oxygens (including phenoxy) is 1. The summed E-state index contributed by atoms with van der Waals surface area (Å²) in [6, 6.07) is 3.43. The Labute approximate surface area is 149 Å². The van der Waals surface area contributed by atoms with Gasteiger partial charge in [-0.2, -0.15) is 9.97 Å². The van der Waals surface area contributed by atoms with Gasteiger partial charge in [0.15, 0.2) is 9.84 Å². The average molecular weight is 401 g/mol. The summed E-state index contributed by atoms with van der Waals surface area (Å²) >= 11 is 0. The number of sulfone groups is 1. The Kier molecular flexibility index (Phi) is 5.84. The first kappa shape index (κ1) is 19.7. The van der Waals surface area contributed by atoms with Crippen molar-refractivity contribution in [3.05, 3.63) is 36.9 Å². The van der Waals surface area contributed by atoms with Gasteiger partial charge in [0.2, 0.25) is 0 Å². The number of benzene rings is 1. The van der Waals surface area contributed by atoms with E-state index in [9.17, 15) is 21.6 Å². The highest BCUT2D eigenvalue weighted by molar-refractivity contribution is 7.95. The van der Waals surface area contributed by atoms with Crippen LogP contribution in [-0.4, -0.2) is 57.3 Å². The first-order valence-electron chi connectivity index (χ1n) is 6.99. The summed E-state index contributed by atoms with van der Waals surface area (Å²) in [4.78, 5) is 21.3. The summed E-state index contributed by atoms with van der Waals surface area (Å²) in [5.41, 5.74) is 5.17. The molecular weight excluding hydrogens is 386 g/mol. The number of nitrogens with two attached hydrogens (primary N) is 1. The van der Waals surface area contributed by atoms with Gasteiger partial charge in [-0.3, -0.25) is 0 Å². The van der Waals surface area contributed by atoms with Crippen LogP contribution in [-0.2, 0) is 24.6 Å². The van der Waals surface area contributed by atoms with Crippen LogP contribution in [0.25, 0.3) is 0 Å². The minimum absolute atomic E-state index is 0.110. The maximum atomic E-state index is 12.9. The third-order valence-electron chi connectivity index (χ3n) is 3.12. The maximum Gasteiger partial charge on any atom is 0.336 e. The summed E-state index contributed by atoms with van der Waals surface area (Å²) in [6.07, 6.45) is 1.93. The standard InChI is InChI=1S/C13H15N5O6S2/c1-24-6-7-25(20,21)10-4-2-3-5-11(10)26(22,23)18(12(14)19)13-16-8-15-9-17-13/h2-5,8-9H,6-7H2,1H3,(H2,14,19). The molecule has 0 spiro atoms. The normalized spacial score (nSPS) is 11.9. The molecular formula is C13H15N5O6S2. The summed E-state index contributed by atoms with van der Waals surface area (Å²) in [6.45, 7) is -0.135. The molecule has 1 aromatic carbocycles. The van der Waals surface area contributed by atoms with Crippen LogP contribution in [0, 0.1) is 0 Å². The average Bonchev–Trinajstić information content (AvgIpc) is 2.60. The van der Waals surface area contributed by atoms with Crippen molar-refractivity contribution in [1.82, 2.24) is 15.0 Å². The highest BCUT2D eigenvalue weighted by Crippen LogP contribution is 2.26. The van der Waals surface area contributed by atoms with E-state index in [-0.39, 0.29) is 10.9 Å². The van der Waals surface area contributed by atoms with Gasteiger partial charge in [-0.15, -0.1) is 4.31 Å². The van der Waals surface area contributed by atoms with Crippen LogP contribution in [0.1, 0.15) is 0 Å². The van der Waals surface area contributed by atoms with Crippen molar-refractivity contribution in [3.8, 4) is 0 Å². The van der Waals surface area contributed by atoms with Gasteiger partial charge in [-0.05, 0) is 12.1 Å². The molecule has 0 atom stereocenters. The molecule has 0 saturated heterocycles. The summed E-state index contributed by atoms with van der Waals surface area (Å²) in [7, 11) is -7.41. The third kappa shape index (κ3) is 3.95. The molecule has 0 aliphatic carbocycles. The summed E-state index contributed by atoms with van der Waals surface area (Å²) in [5, 5.41) is 0. The molecule has 0 bridgehead atoms. The molecule has 0 radical (unpaired) electrons. The SMILES string of the molecule is COCCS(=O)(=O)c1ccccc1S(=O)(=O)N(C(N)=O)c1ncncn1. The molecule has 2 aromatic rings. The second kappa shape index (κ2) is 7.72. The number of sulfonamides is 1. The van der Waals surface area contributed by atoms with E-state index < -0.39 is 47.4 Å². The summed E-state index contributed by atoms with van der Waals surface area (Å²) < 4.78 is 55.7. The second-order valence-electron chi connectivity index (χ2n) is 4.80. The number of nitrogens with zero attached hydrogens (tertiary/aromatic N) is 4. The molecule has 2 rings (SSSR count). The van der Waals surface area contributed by atoms with Crippen LogP contribution >= 0.6 is 0 Å². The zero-order valence-electron chi connectivity index (χ0n) is 13.5. The number of carbonyl (C=O) groups is 1. The molecule has 1 heterocycles. The zero-order chi connectivity index (χ0) is 19.4. The number of anilines is 1. The van der Waals surface area contributed by atoms with E-state index in [2.05, 4.69) is 15.0 Å². The van der Waals surface area contributed by atoms with Gasteiger partial charge in [0.1, 0.15) is 17.6 Å². The van der Waals surface area contributed by atoms with Gasteiger partial charge >= 0.3 is 6.03 Å². The lowest BCUT2D eigenvalue weighted by Crippen LogP contribution is -2.42. The zero-order valence-corrected chi connectivity index (χ0v) is 15.1. The minimum atomic E-state index is -4.71. The number of primary amides is 1. The van der Waals surface area contributed by atoms with E-state index in [0.717, 1.165) is 24.8 Å². The van der Waals surface area contributed by atoms with Crippen molar-refractivity contribution in [3.63, 3.8) is 0 Å². The quantitative estimate of drug-likeness (QED) is 0.648. The van der Waals surface area contributed by atoms with Crippen LogP contribution in [0.5, 0.6) is 0 Å². The van der Waals surface area contributed by atoms with E-state index in [1.54, 1.807) is 0 Å². The monoisotopic (exact) mass is 401 g/mol. The third-order valence-corrected chi connectivity index (χ3v) is 6.72. The number of methoxy groups -OCH3 is 1. The molecule has 0 saturated carbocycles. The van der Waals surface area contributed by atoms with Gasteiger partial charge in [-0.25, -0.2) is 26.6 Å². The molecule has 13 heteroatoms. The number of hydrogen-bond donors (Lipinski definition) is 1. The Bertz CT molecular complexity index is 995. The Hall–Kier alpha value is -2.64. The van der Waals surface area contributed by atoms with E-state index in [0.29, 0.717) is 0 Å². The smallest absolute Gasteiger partial charge is 0.336 e. The first-order chi connectivity index (χ1) is 12.2. The van der Waals surface area contributed by atoms with Crippen LogP contribution in [0.4, 0.5) is 10.7 Å². The van der Waals surface area contributed by atoms with Crippen molar-refractivity contribution in [2.45, 2.75) is 9.79 Å². The number of aromatic nitrogens is 3. The molecule has 2 N–H and O–H groups in total. The highest BCUT2D eigenvalue weighted by Gasteiger charge is 2.36. The molecule has 0 aliphatic rings. The molecule has 26 heavy (non-hydrogen) atoms. The molecule has 11 nitrogen and oxygen atoms in total. The van der Waals surface area contributed by atoms with E-state index in [1.165, 1.54) is 19.2 Å². The molecule has 1 aromatic heterocycles. The van der Waals surface area contributed by atoms with Crippen molar-refractivity contribution >= 4 is 31.8 Å². The van der Waals surface area contributed by atoms with Gasteiger partial charge in [-0.1, -0.05) is 12.1 Å². The van der Waals surface area contributed by atoms with Crippen LogP contribution in [0.15, 0.2) is 46.7 Å². The number of amides is 2. The van der Waals surface area contributed by atoms with E-state index >= 15 is 0 Å². The molecule has 0 unspecified atom stereocenters. The summed E-state index contributed by atoms with van der Waals surface area (Å²) in [5.74, 6) is -1.00. The Morgan fingerprint density at radius 1 is 1.12 bits per heavy atom. The van der Waals surface area contributed by atoms with Crippen LogP contribution < -0.4 is 10.0 Å². The van der Waals surface area contributed by atoms with E-state index in [1.807, 2.05) is 0 Å². The largest absolute Gasteiger partial charge is 0.384 e. The van der Waals surface area contributed by atoms with Crippen LogP contribution in [0.2, 0.25) is 0 Å². The lowest BCUT2D eigenvalue weighted by molar-refractivity contribution is 0.217. The Balaban J connectivity index is 2.65. The van der Waals surface area contributed by atoms with E-state index in [4.69, 9.17) is 10.5 Å². The van der Waals surface area contributed by atoms with Gasteiger partial charge in [0.05, 0.1) is 17.3 Å². The lowest BCUT2D eigenvalue weighted by atomic mass is 10.4. The fraction of sp³-hybridized carbons (Fsp3) is 0.231. The minimum Gasteiger partial charge on any atom is -0.384 e. The lowest BCUT2D eigenvalue weighted by Gasteiger charge is -2.19. The van der Waals surface area contributed by atoms with Crippen molar-refractivity contribution in [2.75, 3.05) is 23.8 Å². The van der Waals surface area contributed by atoms with Crippen molar-refractivity contribution in [2.24, 2.45) is 5.73 Å². The predicted molar refractivity (Wildman–Crippen MR) is 89.4 cm³/mol. The topological polar surface area (TPSA) is 163 Å². The van der Waals surface area contributed by atoms with Gasteiger partial charge in [0.25, 0.3) is 16.0 Å². The van der Waals surface area contributed by atoms with Crippen LogP contribution in [0.3, 0.4) is 0 Å². The maximum absolute atomic E-state index is 12.9. The number of hydrogen-bond acceptors (Lipinski definition) is 9. The number of rotatable bonds is 7. The van der Waals surface area contributed by atoms with Gasteiger partial charge < -0.3 is 10.5 Å². The molecule has 140 valence electrons. The Morgan fingerprint density at radius 3 is 2.23 bits per heavy atom. The fourth-order valence-corrected chi connectivity index (χ4v) is 5.26. The molecule has 2 amide bonds.